The van der Waals surface area contributed by atoms with Gasteiger partial charge in [-0.15, -0.1) is 0 Å². The first kappa shape index (κ1) is 14.1. The first-order chi connectivity index (χ1) is 9.69. The standard InChI is InChI=1S/C16H18N2O2/c17-9-8-12-2-1-3-14(10-12)16(20)18-11-13-4-6-15(19)7-5-13/h1-7,10,19H,8-9,11,17H2,(H,18,20). The number of amides is 1. The number of nitrogens with two attached hydrogens (primary N) is 1. The van der Waals surface area contributed by atoms with Crippen LogP contribution in [0.5, 0.6) is 5.75 Å². The van der Waals surface area contributed by atoms with Crippen LogP contribution in [0.3, 0.4) is 0 Å². The van der Waals surface area contributed by atoms with Crippen LogP contribution in [0.1, 0.15) is 21.5 Å². The zero-order valence-electron chi connectivity index (χ0n) is 11.2. The van der Waals surface area contributed by atoms with E-state index in [0.717, 1.165) is 17.5 Å². The van der Waals surface area contributed by atoms with Crippen LogP contribution in [-0.2, 0) is 13.0 Å². The van der Waals surface area contributed by atoms with Crippen molar-refractivity contribution in [2.45, 2.75) is 13.0 Å². The van der Waals surface area contributed by atoms with E-state index in [9.17, 15) is 9.90 Å². The van der Waals surface area contributed by atoms with Gasteiger partial charge in [-0.3, -0.25) is 4.79 Å². The van der Waals surface area contributed by atoms with Gasteiger partial charge < -0.3 is 16.2 Å². The van der Waals surface area contributed by atoms with Gasteiger partial charge in [-0.05, 0) is 48.4 Å². The van der Waals surface area contributed by atoms with Crippen LogP contribution in [0.15, 0.2) is 48.5 Å². The summed E-state index contributed by atoms with van der Waals surface area (Å²) in [5, 5.41) is 12.0. The summed E-state index contributed by atoms with van der Waals surface area (Å²) in [6.07, 6.45) is 0.763. The number of aromatic hydroxyl groups is 1. The maximum absolute atomic E-state index is 12.0. The van der Waals surface area contributed by atoms with Crippen molar-refractivity contribution in [3.63, 3.8) is 0 Å². The van der Waals surface area contributed by atoms with Crippen LogP contribution in [0, 0.1) is 0 Å². The first-order valence-corrected chi connectivity index (χ1v) is 6.54. The molecule has 0 fully saturated rings. The normalized spacial score (nSPS) is 10.2. The number of carbonyl (C=O) groups excluding carboxylic acids is 1. The minimum atomic E-state index is -0.114. The molecule has 2 rings (SSSR count). The zero-order valence-corrected chi connectivity index (χ0v) is 11.2. The predicted octanol–water partition coefficient (Wildman–Crippen LogP) is 1.82. The van der Waals surface area contributed by atoms with E-state index in [0.29, 0.717) is 18.7 Å². The second kappa shape index (κ2) is 6.73. The van der Waals surface area contributed by atoms with Crippen LogP contribution in [0.2, 0.25) is 0 Å². The van der Waals surface area contributed by atoms with E-state index in [-0.39, 0.29) is 11.7 Å². The second-order valence-corrected chi connectivity index (χ2v) is 4.59. The molecular formula is C16H18N2O2. The fourth-order valence-corrected chi connectivity index (χ4v) is 1.93. The minimum Gasteiger partial charge on any atom is -0.508 e. The fourth-order valence-electron chi connectivity index (χ4n) is 1.93. The highest BCUT2D eigenvalue weighted by atomic mass is 16.3. The van der Waals surface area contributed by atoms with Gasteiger partial charge >= 0.3 is 0 Å². The molecule has 0 spiro atoms. The van der Waals surface area contributed by atoms with Crippen molar-refractivity contribution in [1.82, 2.24) is 5.32 Å². The van der Waals surface area contributed by atoms with E-state index >= 15 is 0 Å². The Morgan fingerprint density at radius 1 is 1.10 bits per heavy atom. The monoisotopic (exact) mass is 270 g/mol. The summed E-state index contributed by atoms with van der Waals surface area (Å²) in [7, 11) is 0. The van der Waals surface area contributed by atoms with Gasteiger partial charge in [-0.25, -0.2) is 0 Å². The van der Waals surface area contributed by atoms with Crippen molar-refractivity contribution in [2.75, 3.05) is 6.54 Å². The highest BCUT2D eigenvalue weighted by Gasteiger charge is 2.05. The summed E-state index contributed by atoms with van der Waals surface area (Å²) < 4.78 is 0. The summed E-state index contributed by atoms with van der Waals surface area (Å²) >= 11 is 0. The molecule has 0 heterocycles. The highest BCUT2D eigenvalue weighted by molar-refractivity contribution is 5.94. The molecule has 0 saturated heterocycles. The summed E-state index contributed by atoms with van der Waals surface area (Å²) in [6.45, 7) is 0.999. The second-order valence-electron chi connectivity index (χ2n) is 4.59. The van der Waals surface area contributed by atoms with Gasteiger partial charge in [0.15, 0.2) is 0 Å². The molecule has 0 saturated carbocycles. The smallest absolute Gasteiger partial charge is 0.251 e. The zero-order chi connectivity index (χ0) is 14.4. The van der Waals surface area contributed by atoms with E-state index < -0.39 is 0 Å². The van der Waals surface area contributed by atoms with Crippen molar-refractivity contribution < 1.29 is 9.90 Å². The number of nitrogens with one attached hydrogen (secondary N) is 1. The van der Waals surface area contributed by atoms with E-state index in [1.807, 2.05) is 18.2 Å². The summed E-state index contributed by atoms with van der Waals surface area (Å²) in [6, 6.07) is 14.2. The third-order valence-corrected chi connectivity index (χ3v) is 3.01. The van der Waals surface area contributed by atoms with E-state index in [2.05, 4.69) is 5.32 Å². The maximum Gasteiger partial charge on any atom is 0.251 e. The molecule has 0 aromatic heterocycles. The Morgan fingerprint density at radius 3 is 2.55 bits per heavy atom. The lowest BCUT2D eigenvalue weighted by molar-refractivity contribution is 0.0951. The molecule has 0 aliphatic rings. The Labute approximate surface area is 118 Å². The molecule has 0 aliphatic heterocycles. The third-order valence-electron chi connectivity index (χ3n) is 3.01. The first-order valence-electron chi connectivity index (χ1n) is 6.54. The van der Waals surface area contributed by atoms with E-state index in [1.54, 1.807) is 30.3 Å². The lowest BCUT2D eigenvalue weighted by Gasteiger charge is -2.07. The lowest BCUT2D eigenvalue weighted by atomic mass is 10.1. The van der Waals surface area contributed by atoms with Crippen molar-refractivity contribution in [2.24, 2.45) is 5.73 Å². The van der Waals surface area contributed by atoms with Crippen LogP contribution in [0.25, 0.3) is 0 Å². The minimum absolute atomic E-state index is 0.114. The Hall–Kier alpha value is -2.33. The molecule has 0 atom stereocenters. The van der Waals surface area contributed by atoms with Crippen LogP contribution < -0.4 is 11.1 Å². The van der Waals surface area contributed by atoms with Crippen LogP contribution in [0.4, 0.5) is 0 Å². The Morgan fingerprint density at radius 2 is 1.85 bits per heavy atom. The molecule has 0 aliphatic carbocycles. The molecule has 4 nitrogen and oxygen atoms in total. The molecule has 2 aromatic rings. The number of phenols is 1. The molecule has 1 amide bonds. The van der Waals surface area contributed by atoms with Crippen LogP contribution >= 0.6 is 0 Å². The van der Waals surface area contributed by atoms with Crippen molar-refractivity contribution >= 4 is 5.91 Å². The number of carbonyl (C=O) groups is 1. The molecule has 104 valence electrons. The van der Waals surface area contributed by atoms with Gasteiger partial charge in [0.1, 0.15) is 5.75 Å². The number of hydrogen-bond acceptors (Lipinski definition) is 3. The number of phenolic OH excluding ortho intramolecular Hbond substituents is 1. The van der Waals surface area contributed by atoms with Gasteiger partial charge in [-0.1, -0.05) is 24.3 Å². The SMILES string of the molecule is NCCc1cccc(C(=O)NCc2ccc(O)cc2)c1. The fraction of sp³-hybridized carbons (Fsp3) is 0.188. The van der Waals surface area contributed by atoms with Gasteiger partial charge in [0.05, 0.1) is 0 Å². The molecular weight excluding hydrogens is 252 g/mol. The van der Waals surface area contributed by atoms with Gasteiger partial charge in [0, 0.05) is 12.1 Å². The molecule has 0 radical (unpaired) electrons. The molecule has 2 aromatic carbocycles. The predicted molar refractivity (Wildman–Crippen MR) is 78.5 cm³/mol. The molecule has 0 bridgehead atoms. The number of rotatable bonds is 5. The van der Waals surface area contributed by atoms with Crippen molar-refractivity contribution in [3.05, 3.63) is 65.2 Å². The largest absolute Gasteiger partial charge is 0.508 e. The topological polar surface area (TPSA) is 75.4 Å². The molecule has 0 unspecified atom stereocenters. The molecule has 4 N–H and O–H groups in total. The molecule has 20 heavy (non-hydrogen) atoms. The third kappa shape index (κ3) is 3.83. The average Bonchev–Trinajstić information content (AvgIpc) is 2.47. The van der Waals surface area contributed by atoms with Gasteiger partial charge in [0.2, 0.25) is 0 Å². The Bertz CT molecular complexity index is 579. The Kier molecular flexibility index (Phi) is 4.74. The van der Waals surface area contributed by atoms with Crippen molar-refractivity contribution in [1.29, 1.82) is 0 Å². The molecule has 4 heteroatoms. The summed E-state index contributed by atoms with van der Waals surface area (Å²) in [4.78, 5) is 12.0. The summed E-state index contributed by atoms with van der Waals surface area (Å²) in [5.41, 5.74) is 8.15. The maximum atomic E-state index is 12.0. The summed E-state index contributed by atoms with van der Waals surface area (Å²) in [5.74, 6) is 0.103. The van der Waals surface area contributed by atoms with E-state index in [1.165, 1.54) is 0 Å². The van der Waals surface area contributed by atoms with E-state index in [4.69, 9.17) is 5.73 Å². The quantitative estimate of drug-likeness (QED) is 0.775. The number of hydrogen-bond donors (Lipinski definition) is 3. The van der Waals surface area contributed by atoms with Gasteiger partial charge in [-0.2, -0.15) is 0 Å². The average molecular weight is 270 g/mol. The van der Waals surface area contributed by atoms with Crippen LogP contribution in [-0.4, -0.2) is 17.6 Å². The van der Waals surface area contributed by atoms with Crippen molar-refractivity contribution in [3.8, 4) is 5.75 Å². The van der Waals surface area contributed by atoms with Gasteiger partial charge in [0.25, 0.3) is 5.91 Å². The highest BCUT2D eigenvalue weighted by Crippen LogP contribution is 2.10. The number of benzene rings is 2. The lowest BCUT2D eigenvalue weighted by Crippen LogP contribution is -2.22. The Balaban J connectivity index is 1.97.